The summed E-state index contributed by atoms with van der Waals surface area (Å²) in [5, 5.41) is 6.29. The van der Waals surface area contributed by atoms with Crippen molar-refractivity contribution in [1.82, 2.24) is 31.0 Å². The number of hydrogen-bond acceptors (Lipinski definition) is 9. The maximum atomic E-state index is 13.2. The number of piperidine rings is 1. The van der Waals surface area contributed by atoms with Gasteiger partial charge in [0.25, 0.3) is 5.91 Å². The van der Waals surface area contributed by atoms with Gasteiger partial charge in [-0.25, -0.2) is 20.4 Å². The number of anilines is 2. The Bertz CT molecular complexity index is 1200. The van der Waals surface area contributed by atoms with Crippen molar-refractivity contribution in [3.05, 3.63) is 30.0 Å². The molecule has 11 nitrogen and oxygen atoms in total. The molecule has 1 unspecified atom stereocenters. The normalized spacial score (nSPS) is 20.8. The number of nitrogens with zero attached hydrogens (tertiary/aromatic N) is 4. The molecular formula is C27H37N9O2S. The first kappa shape index (κ1) is 27.4. The Balaban J connectivity index is 1.32. The van der Waals surface area contributed by atoms with E-state index in [1.807, 2.05) is 24.3 Å². The number of amides is 2. The number of hydrogen-bond donors (Lipinski definition) is 5. The topological polar surface area (TPSA) is 150 Å². The fraction of sp³-hybridized carbons (Fsp3) is 0.519. The molecular weight excluding hydrogens is 514 g/mol. The first-order chi connectivity index (χ1) is 18.9. The van der Waals surface area contributed by atoms with Gasteiger partial charge in [-0.2, -0.15) is 0 Å². The molecule has 0 bridgehead atoms. The molecule has 39 heavy (non-hydrogen) atoms. The summed E-state index contributed by atoms with van der Waals surface area (Å²) >= 11 is 1.31. The molecule has 1 atom stereocenters. The van der Waals surface area contributed by atoms with E-state index in [1.165, 1.54) is 31.0 Å². The number of nitrogen functional groups attached to an aromatic ring is 1. The second-order valence-corrected chi connectivity index (χ2v) is 11.4. The van der Waals surface area contributed by atoms with Crippen LogP contribution in [0.25, 0.3) is 0 Å². The van der Waals surface area contributed by atoms with Crippen molar-refractivity contribution in [2.75, 3.05) is 37.2 Å². The third-order valence-corrected chi connectivity index (χ3v) is 7.95. The van der Waals surface area contributed by atoms with Gasteiger partial charge in [0.05, 0.1) is 0 Å². The third-order valence-electron chi connectivity index (χ3n) is 7.08. The van der Waals surface area contributed by atoms with Crippen molar-refractivity contribution < 1.29 is 9.59 Å². The summed E-state index contributed by atoms with van der Waals surface area (Å²) in [4.78, 5) is 42.2. The van der Waals surface area contributed by atoms with Crippen molar-refractivity contribution >= 4 is 46.6 Å². The number of nitrogens with one attached hydrogen (secondary N) is 4. The highest BCUT2D eigenvalue weighted by molar-refractivity contribution is 7.99. The van der Waals surface area contributed by atoms with Crippen LogP contribution in [0.4, 0.5) is 17.2 Å². The van der Waals surface area contributed by atoms with Crippen LogP contribution in [-0.2, 0) is 4.79 Å². The molecule has 12 heteroatoms. The lowest BCUT2D eigenvalue weighted by Gasteiger charge is -2.26. The Kier molecular flexibility index (Phi) is 8.95. The van der Waals surface area contributed by atoms with E-state index in [-0.39, 0.29) is 34.9 Å². The standard InChI is InChI=1S/C27H37N9O2S/c1-17-5-12-21(35-34-17)31-24-22(28)23(26(38)29-13-16-36-14-3-2-4-15-36)32-27(33-24)39-20-10-8-19(9-11-20)30-25(37)18-6-7-18/h8-11,17-18,34H,2-7,12-16,28H2,1H3,(H,29,38)(H,30,37)(H,31,32,33,35). The van der Waals surface area contributed by atoms with Gasteiger partial charge in [-0.05, 0) is 88.1 Å². The van der Waals surface area contributed by atoms with Crippen LogP contribution in [0.5, 0.6) is 0 Å². The van der Waals surface area contributed by atoms with E-state index >= 15 is 0 Å². The molecule has 5 rings (SSSR count). The van der Waals surface area contributed by atoms with Gasteiger partial charge in [0, 0.05) is 42.1 Å². The van der Waals surface area contributed by atoms with E-state index in [0.29, 0.717) is 23.6 Å². The fourth-order valence-electron chi connectivity index (χ4n) is 4.54. The Labute approximate surface area is 233 Å². The minimum Gasteiger partial charge on any atom is -0.394 e. The summed E-state index contributed by atoms with van der Waals surface area (Å²) in [6.07, 6.45) is 7.25. The number of rotatable bonds is 9. The van der Waals surface area contributed by atoms with Crippen LogP contribution in [-0.4, -0.2) is 64.7 Å². The fourth-order valence-corrected chi connectivity index (χ4v) is 5.30. The number of amidine groups is 1. The van der Waals surface area contributed by atoms with E-state index in [0.717, 1.165) is 55.9 Å². The summed E-state index contributed by atoms with van der Waals surface area (Å²) in [5.41, 5.74) is 13.7. The number of likely N-dealkylation sites (tertiary alicyclic amines) is 1. The van der Waals surface area contributed by atoms with Gasteiger partial charge < -0.3 is 26.7 Å². The number of aromatic nitrogens is 2. The molecule has 1 aromatic carbocycles. The Morgan fingerprint density at radius 1 is 1.13 bits per heavy atom. The smallest absolute Gasteiger partial charge is 0.272 e. The first-order valence-electron chi connectivity index (χ1n) is 13.8. The van der Waals surface area contributed by atoms with E-state index in [1.54, 1.807) is 0 Å². The molecule has 1 aliphatic carbocycles. The first-order valence-corrected chi connectivity index (χ1v) is 14.6. The van der Waals surface area contributed by atoms with Gasteiger partial charge in [-0.1, -0.05) is 6.42 Å². The molecule has 0 spiro atoms. The molecule has 3 heterocycles. The van der Waals surface area contributed by atoms with Crippen LogP contribution in [0.3, 0.4) is 0 Å². The van der Waals surface area contributed by atoms with Crippen LogP contribution in [0.15, 0.2) is 39.3 Å². The maximum absolute atomic E-state index is 13.2. The molecule has 2 amide bonds. The van der Waals surface area contributed by atoms with Crippen molar-refractivity contribution in [1.29, 1.82) is 0 Å². The van der Waals surface area contributed by atoms with E-state index in [9.17, 15) is 9.59 Å². The molecule has 1 aromatic heterocycles. The number of benzene rings is 1. The quantitative estimate of drug-likeness (QED) is 0.296. The van der Waals surface area contributed by atoms with E-state index in [2.05, 4.69) is 48.3 Å². The molecule has 6 N–H and O–H groups in total. The van der Waals surface area contributed by atoms with Gasteiger partial charge in [-0.3, -0.25) is 9.59 Å². The van der Waals surface area contributed by atoms with Crippen molar-refractivity contribution in [2.24, 2.45) is 10.9 Å². The van der Waals surface area contributed by atoms with Gasteiger partial charge in [0.2, 0.25) is 5.91 Å². The molecule has 3 fully saturated rings. The lowest BCUT2D eigenvalue weighted by Crippen LogP contribution is -2.47. The van der Waals surface area contributed by atoms with Crippen LogP contribution >= 0.6 is 11.8 Å². The zero-order chi connectivity index (χ0) is 27.2. The lowest BCUT2D eigenvalue weighted by atomic mass is 10.1. The Morgan fingerprint density at radius 3 is 2.59 bits per heavy atom. The predicted octanol–water partition coefficient (Wildman–Crippen LogP) is 3.08. The molecule has 2 saturated heterocycles. The molecule has 208 valence electrons. The van der Waals surface area contributed by atoms with Crippen LogP contribution in [0.1, 0.15) is 62.4 Å². The number of aliphatic imine (C=N–C) groups is 1. The molecule has 1 saturated carbocycles. The van der Waals surface area contributed by atoms with Gasteiger partial charge in [0.1, 0.15) is 11.5 Å². The minimum atomic E-state index is -0.336. The SMILES string of the molecule is CC1CCC(=Nc2nc(Sc3ccc(NC(=O)C4CC4)cc3)nc(C(=O)NCCN3CCCCC3)c2N)NN1. The summed E-state index contributed by atoms with van der Waals surface area (Å²) in [5.74, 6) is 0.847. The van der Waals surface area contributed by atoms with Crippen molar-refractivity contribution in [3.8, 4) is 0 Å². The maximum Gasteiger partial charge on any atom is 0.272 e. The van der Waals surface area contributed by atoms with Gasteiger partial charge >= 0.3 is 0 Å². The van der Waals surface area contributed by atoms with Crippen LogP contribution < -0.4 is 27.2 Å². The highest BCUT2D eigenvalue weighted by Gasteiger charge is 2.29. The Morgan fingerprint density at radius 2 is 1.90 bits per heavy atom. The molecule has 2 aromatic rings. The predicted molar refractivity (Wildman–Crippen MR) is 153 cm³/mol. The summed E-state index contributed by atoms with van der Waals surface area (Å²) < 4.78 is 0. The molecule has 3 aliphatic rings. The summed E-state index contributed by atoms with van der Waals surface area (Å²) in [7, 11) is 0. The monoisotopic (exact) mass is 551 g/mol. The van der Waals surface area contributed by atoms with Gasteiger partial charge in [0.15, 0.2) is 16.7 Å². The van der Waals surface area contributed by atoms with Crippen molar-refractivity contribution in [2.45, 2.75) is 68.0 Å². The van der Waals surface area contributed by atoms with E-state index < -0.39 is 0 Å². The lowest BCUT2D eigenvalue weighted by molar-refractivity contribution is -0.117. The summed E-state index contributed by atoms with van der Waals surface area (Å²) in [6, 6.07) is 7.83. The third kappa shape index (κ3) is 7.68. The second-order valence-electron chi connectivity index (χ2n) is 10.4. The largest absolute Gasteiger partial charge is 0.394 e. The zero-order valence-corrected chi connectivity index (χ0v) is 23.1. The number of hydrazine groups is 1. The van der Waals surface area contributed by atoms with E-state index in [4.69, 9.17) is 5.73 Å². The van der Waals surface area contributed by atoms with Crippen LogP contribution in [0, 0.1) is 5.92 Å². The Hall–Kier alpha value is -3.22. The van der Waals surface area contributed by atoms with Crippen LogP contribution in [0.2, 0.25) is 0 Å². The highest BCUT2D eigenvalue weighted by atomic mass is 32.2. The highest BCUT2D eigenvalue weighted by Crippen LogP contribution is 2.33. The minimum absolute atomic E-state index is 0.0668. The number of carbonyl (C=O) groups excluding carboxylic acids is 2. The molecule has 2 aliphatic heterocycles. The van der Waals surface area contributed by atoms with Gasteiger partial charge in [-0.15, -0.1) is 0 Å². The average molecular weight is 552 g/mol. The zero-order valence-electron chi connectivity index (χ0n) is 22.3. The summed E-state index contributed by atoms with van der Waals surface area (Å²) in [6.45, 7) is 5.54. The molecule has 0 radical (unpaired) electrons. The second kappa shape index (κ2) is 12.8. The number of nitrogens with two attached hydrogens (primary N) is 1. The van der Waals surface area contributed by atoms with Crippen molar-refractivity contribution in [3.63, 3.8) is 0 Å². The average Bonchev–Trinajstić information content (AvgIpc) is 3.79. The number of carbonyl (C=O) groups is 2.